The molecular weight excluding hydrogens is 248 g/mol. The standard InChI is InChI=1S/C17H24N2O/c1-11(2)10-15-16(12(3)4)17(20)19(18-15)14-8-6-13(5)7-9-14/h6-9,11-12,18H,10H2,1-5H3. The predicted octanol–water partition coefficient (Wildman–Crippen LogP) is 3.80. The van der Waals surface area contributed by atoms with Crippen LogP contribution in [0.15, 0.2) is 29.1 Å². The van der Waals surface area contributed by atoms with Crippen molar-refractivity contribution >= 4 is 0 Å². The topological polar surface area (TPSA) is 37.8 Å². The van der Waals surface area contributed by atoms with Crippen molar-refractivity contribution in [1.82, 2.24) is 9.78 Å². The molecule has 0 unspecified atom stereocenters. The third-order valence-corrected chi connectivity index (χ3v) is 3.49. The summed E-state index contributed by atoms with van der Waals surface area (Å²) in [5, 5.41) is 3.30. The zero-order chi connectivity index (χ0) is 14.9. The summed E-state index contributed by atoms with van der Waals surface area (Å²) in [6, 6.07) is 8.02. The Balaban J connectivity index is 2.55. The van der Waals surface area contributed by atoms with E-state index in [1.54, 1.807) is 4.68 Å². The maximum absolute atomic E-state index is 12.6. The summed E-state index contributed by atoms with van der Waals surface area (Å²) in [4.78, 5) is 12.6. The lowest BCUT2D eigenvalue weighted by Crippen LogP contribution is -2.18. The van der Waals surface area contributed by atoms with Crippen LogP contribution in [0.3, 0.4) is 0 Å². The van der Waals surface area contributed by atoms with Gasteiger partial charge in [-0.3, -0.25) is 9.89 Å². The first kappa shape index (κ1) is 14.6. The molecule has 20 heavy (non-hydrogen) atoms. The van der Waals surface area contributed by atoms with Crippen molar-refractivity contribution in [2.75, 3.05) is 0 Å². The molecule has 0 atom stereocenters. The third kappa shape index (κ3) is 2.87. The van der Waals surface area contributed by atoms with E-state index in [2.05, 4.69) is 32.8 Å². The van der Waals surface area contributed by atoms with Crippen molar-refractivity contribution < 1.29 is 0 Å². The molecule has 0 spiro atoms. The first-order chi connectivity index (χ1) is 9.40. The number of aromatic amines is 1. The van der Waals surface area contributed by atoms with Crippen LogP contribution < -0.4 is 5.56 Å². The van der Waals surface area contributed by atoms with Gasteiger partial charge in [0, 0.05) is 11.3 Å². The molecule has 0 aliphatic carbocycles. The van der Waals surface area contributed by atoms with E-state index in [0.29, 0.717) is 5.92 Å². The number of nitrogens with one attached hydrogen (secondary N) is 1. The van der Waals surface area contributed by atoms with Crippen molar-refractivity contribution in [1.29, 1.82) is 0 Å². The van der Waals surface area contributed by atoms with Crippen molar-refractivity contribution in [3.05, 3.63) is 51.4 Å². The fourth-order valence-electron chi connectivity index (χ4n) is 2.53. The lowest BCUT2D eigenvalue weighted by atomic mass is 9.98. The van der Waals surface area contributed by atoms with E-state index in [9.17, 15) is 4.79 Å². The summed E-state index contributed by atoms with van der Waals surface area (Å²) in [6.45, 7) is 10.5. The van der Waals surface area contributed by atoms with Crippen LogP contribution >= 0.6 is 0 Å². The van der Waals surface area contributed by atoms with Crippen LogP contribution in [0.2, 0.25) is 0 Å². The Bertz CT molecular complexity index is 630. The van der Waals surface area contributed by atoms with Gasteiger partial charge in [-0.2, -0.15) is 0 Å². The first-order valence-corrected chi connectivity index (χ1v) is 7.31. The summed E-state index contributed by atoms with van der Waals surface area (Å²) in [5.41, 5.74) is 4.16. The molecular formula is C17H24N2O. The Morgan fingerprint density at radius 3 is 2.20 bits per heavy atom. The maximum Gasteiger partial charge on any atom is 0.274 e. The van der Waals surface area contributed by atoms with Gasteiger partial charge in [-0.1, -0.05) is 45.4 Å². The minimum absolute atomic E-state index is 0.0829. The number of aryl methyl sites for hydroxylation is 1. The van der Waals surface area contributed by atoms with Crippen LogP contribution in [-0.2, 0) is 6.42 Å². The zero-order valence-corrected chi connectivity index (χ0v) is 13.0. The summed E-state index contributed by atoms with van der Waals surface area (Å²) in [7, 11) is 0. The quantitative estimate of drug-likeness (QED) is 0.903. The summed E-state index contributed by atoms with van der Waals surface area (Å²) >= 11 is 0. The number of hydrogen-bond acceptors (Lipinski definition) is 1. The summed E-state index contributed by atoms with van der Waals surface area (Å²) < 4.78 is 1.67. The molecule has 0 amide bonds. The fraction of sp³-hybridized carbons (Fsp3) is 0.471. The van der Waals surface area contributed by atoms with Gasteiger partial charge in [0.2, 0.25) is 0 Å². The molecule has 0 bridgehead atoms. The number of H-pyrrole nitrogens is 1. The molecule has 0 aliphatic rings. The summed E-state index contributed by atoms with van der Waals surface area (Å²) in [6.07, 6.45) is 0.904. The van der Waals surface area contributed by atoms with Crippen molar-refractivity contribution in [3.8, 4) is 5.69 Å². The van der Waals surface area contributed by atoms with Gasteiger partial charge < -0.3 is 0 Å². The molecule has 0 radical (unpaired) electrons. The van der Waals surface area contributed by atoms with E-state index in [1.165, 1.54) is 5.56 Å². The molecule has 2 rings (SSSR count). The highest BCUT2D eigenvalue weighted by atomic mass is 16.1. The van der Waals surface area contributed by atoms with Crippen molar-refractivity contribution in [2.45, 2.75) is 47.0 Å². The second-order valence-corrected chi connectivity index (χ2v) is 6.23. The number of rotatable bonds is 4. The van der Waals surface area contributed by atoms with E-state index in [4.69, 9.17) is 0 Å². The Morgan fingerprint density at radius 1 is 1.10 bits per heavy atom. The molecule has 0 fully saturated rings. The van der Waals surface area contributed by atoms with Crippen LogP contribution in [0.25, 0.3) is 5.69 Å². The molecule has 2 aromatic rings. The van der Waals surface area contributed by atoms with Crippen LogP contribution in [-0.4, -0.2) is 9.78 Å². The molecule has 0 saturated heterocycles. The van der Waals surface area contributed by atoms with Gasteiger partial charge in [0.1, 0.15) is 0 Å². The van der Waals surface area contributed by atoms with E-state index >= 15 is 0 Å². The molecule has 3 nitrogen and oxygen atoms in total. The largest absolute Gasteiger partial charge is 0.295 e. The van der Waals surface area contributed by atoms with E-state index in [0.717, 1.165) is 23.4 Å². The first-order valence-electron chi connectivity index (χ1n) is 7.31. The van der Waals surface area contributed by atoms with E-state index < -0.39 is 0 Å². The zero-order valence-electron chi connectivity index (χ0n) is 13.0. The van der Waals surface area contributed by atoms with Crippen LogP contribution in [0.1, 0.15) is 50.4 Å². The fourth-order valence-corrected chi connectivity index (χ4v) is 2.53. The van der Waals surface area contributed by atoms with Gasteiger partial charge >= 0.3 is 0 Å². The van der Waals surface area contributed by atoms with Crippen molar-refractivity contribution in [2.24, 2.45) is 5.92 Å². The van der Waals surface area contributed by atoms with Crippen LogP contribution in [0.5, 0.6) is 0 Å². The predicted molar refractivity (Wildman–Crippen MR) is 83.8 cm³/mol. The highest BCUT2D eigenvalue weighted by molar-refractivity contribution is 5.36. The minimum Gasteiger partial charge on any atom is -0.295 e. The monoisotopic (exact) mass is 272 g/mol. The molecule has 108 valence electrons. The second kappa shape index (κ2) is 5.70. The number of hydrogen-bond donors (Lipinski definition) is 1. The average molecular weight is 272 g/mol. The van der Waals surface area contributed by atoms with Crippen LogP contribution in [0, 0.1) is 12.8 Å². The highest BCUT2D eigenvalue weighted by Gasteiger charge is 2.18. The van der Waals surface area contributed by atoms with Gasteiger partial charge in [-0.15, -0.1) is 0 Å². The Hall–Kier alpha value is -1.77. The normalized spacial score (nSPS) is 11.6. The molecule has 3 heteroatoms. The van der Waals surface area contributed by atoms with Gasteiger partial charge in [0.05, 0.1) is 5.69 Å². The van der Waals surface area contributed by atoms with Crippen LogP contribution in [0.4, 0.5) is 0 Å². The lowest BCUT2D eigenvalue weighted by Gasteiger charge is -2.07. The molecule has 0 aliphatic heterocycles. The average Bonchev–Trinajstić information content (AvgIpc) is 2.66. The van der Waals surface area contributed by atoms with Gasteiger partial charge in [0.15, 0.2) is 0 Å². The second-order valence-electron chi connectivity index (χ2n) is 6.23. The molecule has 0 saturated carbocycles. The SMILES string of the molecule is Cc1ccc(-n2[nH]c(CC(C)C)c(C(C)C)c2=O)cc1. The highest BCUT2D eigenvalue weighted by Crippen LogP contribution is 2.19. The summed E-state index contributed by atoms with van der Waals surface area (Å²) in [5.74, 6) is 0.760. The molecule has 1 aromatic heterocycles. The van der Waals surface area contributed by atoms with E-state index in [-0.39, 0.29) is 11.5 Å². The lowest BCUT2D eigenvalue weighted by molar-refractivity contribution is 0.621. The minimum atomic E-state index is 0.0829. The number of aromatic nitrogens is 2. The van der Waals surface area contributed by atoms with Gasteiger partial charge in [0.25, 0.3) is 5.56 Å². The van der Waals surface area contributed by atoms with Crippen molar-refractivity contribution in [3.63, 3.8) is 0 Å². The number of nitrogens with zero attached hydrogens (tertiary/aromatic N) is 1. The Kier molecular flexibility index (Phi) is 4.17. The Labute approximate surface area is 120 Å². The van der Waals surface area contributed by atoms with Gasteiger partial charge in [-0.25, -0.2) is 4.68 Å². The van der Waals surface area contributed by atoms with E-state index in [1.807, 2.05) is 31.2 Å². The molecule has 1 N–H and O–H groups in total. The Morgan fingerprint density at radius 2 is 1.70 bits per heavy atom. The molecule has 1 aromatic carbocycles. The van der Waals surface area contributed by atoms with Gasteiger partial charge in [-0.05, 0) is 37.3 Å². The third-order valence-electron chi connectivity index (χ3n) is 3.49. The molecule has 1 heterocycles. The maximum atomic E-state index is 12.6. The number of benzene rings is 1. The smallest absolute Gasteiger partial charge is 0.274 e.